The number of halogens is 1. The third-order valence-electron chi connectivity index (χ3n) is 5.83. The van der Waals surface area contributed by atoms with E-state index in [0.717, 1.165) is 15.0 Å². The lowest BCUT2D eigenvalue weighted by Gasteiger charge is -2.37. The maximum atomic E-state index is 12.7. The molecule has 4 nitrogen and oxygen atoms in total. The summed E-state index contributed by atoms with van der Waals surface area (Å²) in [6.07, 6.45) is 7.12. The van der Waals surface area contributed by atoms with Crippen molar-refractivity contribution in [2.45, 2.75) is 6.42 Å². The van der Waals surface area contributed by atoms with Crippen molar-refractivity contribution in [2.24, 2.45) is 40.6 Å². The molecule has 2 amide bonds. The zero-order valence-electron chi connectivity index (χ0n) is 12.3. The van der Waals surface area contributed by atoms with Gasteiger partial charge in [-0.2, -0.15) is 10.1 Å². The Bertz CT molecular complexity index is 734. The molecule has 1 aromatic carbocycles. The summed E-state index contributed by atoms with van der Waals surface area (Å²) < 4.78 is 0.982. The number of nitrogens with zero attached hydrogens (tertiary/aromatic N) is 2. The number of imide groups is 1. The van der Waals surface area contributed by atoms with Crippen LogP contribution in [0.2, 0.25) is 0 Å². The minimum absolute atomic E-state index is 0.113. The van der Waals surface area contributed by atoms with Crippen molar-refractivity contribution in [3.8, 4) is 0 Å². The molecule has 1 saturated heterocycles. The summed E-state index contributed by atoms with van der Waals surface area (Å²) >= 11 is 3.38. The molecule has 0 spiro atoms. The zero-order chi connectivity index (χ0) is 15.7. The molecule has 6 atom stereocenters. The van der Waals surface area contributed by atoms with Gasteiger partial charge in [0.15, 0.2) is 0 Å². The monoisotopic (exact) mass is 370 g/mol. The van der Waals surface area contributed by atoms with Gasteiger partial charge in [0, 0.05) is 4.47 Å². The van der Waals surface area contributed by atoms with Gasteiger partial charge in [-0.05, 0) is 47.8 Å². The Kier molecular flexibility index (Phi) is 2.75. The molecule has 5 heteroatoms. The zero-order valence-corrected chi connectivity index (χ0v) is 13.9. The lowest BCUT2D eigenvalue weighted by atomic mass is 9.63. The van der Waals surface area contributed by atoms with E-state index in [2.05, 4.69) is 33.2 Å². The van der Waals surface area contributed by atoms with Gasteiger partial charge in [-0.25, -0.2) is 0 Å². The second-order valence-electron chi connectivity index (χ2n) is 6.94. The molecule has 0 N–H and O–H groups in total. The topological polar surface area (TPSA) is 49.7 Å². The van der Waals surface area contributed by atoms with Crippen molar-refractivity contribution in [3.05, 3.63) is 46.5 Å². The number of amides is 2. The number of rotatable bonds is 2. The lowest BCUT2D eigenvalue weighted by Crippen LogP contribution is -2.40. The molecule has 1 aliphatic heterocycles. The molecule has 3 fully saturated rings. The molecule has 1 heterocycles. The summed E-state index contributed by atoms with van der Waals surface area (Å²) in [5.74, 6) is 1.17. The molecule has 0 radical (unpaired) electrons. The fourth-order valence-electron chi connectivity index (χ4n) is 4.73. The number of benzene rings is 1. The highest BCUT2D eigenvalue weighted by atomic mass is 79.9. The quantitative estimate of drug-likeness (QED) is 0.456. The average Bonchev–Trinajstić information content (AvgIpc) is 3.33. The van der Waals surface area contributed by atoms with E-state index < -0.39 is 0 Å². The van der Waals surface area contributed by atoms with Crippen LogP contribution in [0.25, 0.3) is 0 Å². The van der Waals surface area contributed by atoms with Crippen LogP contribution < -0.4 is 0 Å². The Morgan fingerprint density at radius 2 is 1.57 bits per heavy atom. The molecule has 1 aromatic rings. The predicted molar refractivity (Wildman–Crippen MR) is 88.3 cm³/mol. The summed E-state index contributed by atoms with van der Waals surface area (Å²) in [6, 6.07) is 7.61. The van der Waals surface area contributed by atoms with Gasteiger partial charge in [0.2, 0.25) is 0 Å². The van der Waals surface area contributed by atoms with E-state index in [0.29, 0.717) is 11.8 Å². The molecular weight excluding hydrogens is 356 g/mol. The van der Waals surface area contributed by atoms with E-state index in [4.69, 9.17) is 0 Å². The van der Waals surface area contributed by atoms with Crippen molar-refractivity contribution >= 4 is 34.0 Å². The molecule has 2 bridgehead atoms. The molecule has 2 saturated carbocycles. The summed E-state index contributed by atoms with van der Waals surface area (Å²) in [5, 5.41) is 5.33. The van der Waals surface area contributed by atoms with E-state index in [1.165, 1.54) is 6.42 Å². The first-order valence-corrected chi connectivity index (χ1v) is 8.80. The van der Waals surface area contributed by atoms with Gasteiger partial charge in [-0.3, -0.25) is 9.59 Å². The molecular formula is C18H15BrN2O2. The summed E-state index contributed by atoms with van der Waals surface area (Å²) in [5.41, 5.74) is 0.868. The van der Waals surface area contributed by atoms with E-state index >= 15 is 0 Å². The number of allylic oxidation sites excluding steroid dienone is 2. The minimum atomic E-state index is -0.177. The van der Waals surface area contributed by atoms with Crippen molar-refractivity contribution in [1.29, 1.82) is 0 Å². The number of carbonyl (C=O) groups excluding carboxylic acids is 2. The third kappa shape index (κ3) is 1.86. The van der Waals surface area contributed by atoms with Gasteiger partial charge in [0.25, 0.3) is 11.8 Å². The summed E-state index contributed by atoms with van der Waals surface area (Å²) in [7, 11) is 0. The smallest absolute Gasteiger partial charge is 0.254 e. The first kappa shape index (κ1) is 13.7. The second-order valence-corrected chi connectivity index (χ2v) is 7.85. The van der Waals surface area contributed by atoms with Gasteiger partial charge in [-0.15, -0.1) is 0 Å². The molecule has 6 rings (SSSR count). The van der Waals surface area contributed by atoms with Crippen LogP contribution in [0.5, 0.6) is 0 Å². The molecule has 0 unspecified atom stereocenters. The first-order chi connectivity index (χ1) is 11.1. The first-order valence-electron chi connectivity index (χ1n) is 8.01. The maximum absolute atomic E-state index is 12.7. The van der Waals surface area contributed by atoms with Crippen molar-refractivity contribution in [1.82, 2.24) is 5.01 Å². The lowest BCUT2D eigenvalue weighted by molar-refractivity contribution is -0.140. The second kappa shape index (κ2) is 4.63. The summed E-state index contributed by atoms with van der Waals surface area (Å²) in [4.78, 5) is 25.5. The Balaban J connectivity index is 1.44. The highest BCUT2D eigenvalue weighted by molar-refractivity contribution is 9.10. The van der Waals surface area contributed by atoms with Crippen molar-refractivity contribution in [3.63, 3.8) is 0 Å². The van der Waals surface area contributed by atoms with Crippen LogP contribution >= 0.6 is 15.9 Å². The number of hydrogen-bond acceptors (Lipinski definition) is 3. The van der Waals surface area contributed by atoms with Crippen LogP contribution in [0.3, 0.4) is 0 Å². The molecule has 23 heavy (non-hydrogen) atoms. The van der Waals surface area contributed by atoms with Crippen LogP contribution in [0.1, 0.15) is 12.0 Å². The SMILES string of the molecule is O=C1[C@@H]2[C@@H]3C=C[C@H]([C@H]4C[C@H]34)[C@@H]2C(=O)N1/N=C\c1ccc(Br)cc1. The molecule has 4 aliphatic carbocycles. The normalized spacial score (nSPS) is 40.0. The molecule has 116 valence electrons. The van der Waals surface area contributed by atoms with Gasteiger partial charge < -0.3 is 0 Å². The summed E-state index contributed by atoms with van der Waals surface area (Å²) in [6.45, 7) is 0. The van der Waals surface area contributed by atoms with Gasteiger partial charge in [-0.1, -0.05) is 40.2 Å². The van der Waals surface area contributed by atoms with Crippen LogP contribution in [0.15, 0.2) is 46.0 Å². The van der Waals surface area contributed by atoms with Gasteiger partial charge >= 0.3 is 0 Å². The highest BCUT2D eigenvalue weighted by Crippen LogP contribution is 2.65. The van der Waals surface area contributed by atoms with Crippen LogP contribution in [-0.4, -0.2) is 23.0 Å². The number of hydrogen-bond donors (Lipinski definition) is 0. The molecule has 0 aromatic heterocycles. The fraction of sp³-hybridized carbons (Fsp3) is 0.389. The van der Waals surface area contributed by atoms with Crippen molar-refractivity contribution < 1.29 is 9.59 Å². The van der Waals surface area contributed by atoms with Crippen LogP contribution in [0, 0.1) is 35.5 Å². The Hall–Kier alpha value is -1.75. The van der Waals surface area contributed by atoms with E-state index in [-0.39, 0.29) is 35.5 Å². The predicted octanol–water partition coefficient (Wildman–Crippen LogP) is 2.84. The van der Waals surface area contributed by atoms with E-state index in [9.17, 15) is 9.59 Å². The minimum Gasteiger partial charge on any atom is -0.272 e. The van der Waals surface area contributed by atoms with Crippen LogP contribution in [0.4, 0.5) is 0 Å². The number of carbonyl (C=O) groups is 2. The largest absolute Gasteiger partial charge is 0.272 e. The molecule has 5 aliphatic rings. The van der Waals surface area contributed by atoms with E-state index in [1.807, 2.05) is 24.3 Å². The average molecular weight is 371 g/mol. The Labute approximate surface area is 142 Å². The Morgan fingerprint density at radius 3 is 2.13 bits per heavy atom. The van der Waals surface area contributed by atoms with E-state index in [1.54, 1.807) is 6.21 Å². The van der Waals surface area contributed by atoms with Crippen LogP contribution in [-0.2, 0) is 9.59 Å². The third-order valence-corrected chi connectivity index (χ3v) is 6.36. The van der Waals surface area contributed by atoms with Gasteiger partial charge in [0.1, 0.15) is 0 Å². The number of hydrazone groups is 1. The maximum Gasteiger partial charge on any atom is 0.254 e. The van der Waals surface area contributed by atoms with Gasteiger partial charge in [0.05, 0.1) is 18.1 Å². The highest BCUT2D eigenvalue weighted by Gasteiger charge is 2.67. The standard InChI is InChI=1S/C18H15BrN2O2/c19-10-3-1-9(2-4-10)8-20-21-17(22)15-11-5-6-12(14-7-13(11)14)16(15)18(21)23/h1-6,8,11-16H,7H2/b20-8-/t11-,12-,13-,14-,15-,16+/m1/s1. The Morgan fingerprint density at radius 1 is 1.00 bits per heavy atom. The van der Waals surface area contributed by atoms with Crippen molar-refractivity contribution in [2.75, 3.05) is 0 Å². The fourth-order valence-corrected chi connectivity index (χ4v) is 4.99.